The van der Waals surface area contributed by atoms with Gasteiger partial charge in [0, 0.05) is 6.54 Å². The van der Waals surface area contributed by atoms with Crippen molar-refractivity contribution in [3.05, 3.63) is 29.8 Å². The minimum Gasteiger partial charge on any atom is -0.497 e. The second-order valence-electron chi connectivity index (χ2n) is 5.54. The van der Waals surface area contributed by atoms with Crippen molar-refractivity contribution in [3.63, 3.8) is 0 Å². The molecule has 1 aliphatic rings. The molecule has 2 N–H and O–H groups in total. The average molecular weight is 291 g/mol. The topological polar surface area (TPSA) is 75.6 Å². The highest BCUT2D eigenvalue weighted by molar-refractivity contribution is 5.85. The van der Waals surface area contributed by atoms with Crippen molar-refractivity contribution in [3.8, 4) is 5.75 Å². The SMILES string of the molecule is CCC(C(=O)NCC1(C(=O)O)CC1)c1ccc(OC)cc1. The summed E-state index contributed by atoms with van der Waals surface area (Å²) in [5.41, 5.74) is 0.185. The number of hydrogen-bond donors (Lipinski definition) is 2. The molecule has 5 nitrogen and oxygen atoms in total. The number of carbonyl (C=O) groups excluding carboxylic acids is 1. The number of carboxylic acid groups (broad SMARTS) is 1. The normalized spacial score (nSPS) is 16.9. The van der Waals surface area contributed by atoms with E-state index in [9.17, 15) is 9.59 Å². The number of nitrogens with one attached hydrogen (secondary N) is 1. The van der Waals surface area contributed by atoms with Crippen LogP contribution >= 0.6 is 0 Å². The predicted molar refractivity (Wildman–Crippen MR) is 78.3 cm³/mol. The Bertz CT molecular complexity index is 520. The Morgan fingerprint density at radius 3 is 2.38 bits per heavy atom. The summed E-state index contributed by atoms with van der Waals surface area (Å²) in [6.45, 7) is 2.16. The van der Waals surface area contributed by atoms with Gasteiger partial charge in [-0.2, -0.15) is 0 Å². The molecule has 1 atom stereocenters. The average Bonchev–Trinajstić information content (AvgIpc) is 3.28. The fraction of sp³-hybridized carbons (Fsp3) is 0.500. The van der Waals surface area contributed by atoms with E-state index in [0.29, 0.717) is 19.3 Å². The van der Waals surface area contributed by atoms with E-state index in [2.05, 4.69) is 5.32 Å². The minimum atomic E-state index is -0.819. The zero-order valence-corrected chi connectivity index (χ0v) is 12.4. The molecule has 0 heterocycles. The molecule has 0 aliphatic heterocycles. The van der Waals surface area contributed by atoms with Crippen LogP contribution in [0.4, 0.5) is 0 Å². The third-order valence-electron chi connectivity index (χ3n) is 4.15. The van der Waals surface area contributed by atoms with Crippen LogP contribution in [-0.4, -0.2) is 30.6 Å². The van der Waals surface area contributed by atoms with Crippen molar-refractivity contribution in [1.82, 2.24) is 5.32 Å². The van der Waals surface area contributed by atoms with Gasteiger partial charge in [-0.25, -0.2) is 0 Å². The lowest BCUT2D eigenvalue weighted by Crippen LogP contribution is -2.36. The number of carboxylic acids is 1. The molecule has 114 valence electrons. The van der Waals surface area contributed by atoms with Crippen LogP contribution < -0.4 is 10.1 Å². The van der Waals surface area contributed by atoms with Crippen molar-refractivity contribution >= 4 is 11.9 Å². The molecule has 1 amide bonds. The standard InChI is InChI=1S/C16H21NO4/c1-3-13(11-4-6-12(21-2)7-5-11)14(18)17-10-16(8-9-16)15(19)20/h4-7,13H,3,8-10H2,1-2H3,(H,17,18)(H,19,20). The third kappa shape index (κ3) is 3.35. The largest absolute Gasteiger partial charge is 0.497 e. The number of rotatable bonds is 7. The fourth-order valence-corrected chi connectivity index (χ4v) is 2.41. The van der Waals surface area contributed by atoms with E-state index in [-0.39, 0.29) is 18.4 Å². The van der Waals surface area contributed by atoms with Gasteiger partial charge in [-0.05, 0) is 37.0 Å². The predicted octanol–water partition coefficient (Wildman–Crippen LogP) is 2.17. The molecule has 0 bridgehead atoms. The molecule has 21 heavy (non-hydrogen) atoms. The maximum Gasteiger partial charge on any atom is 0.311 e. The number of methoxy groups -OCH3 is 1. The van der Waals surface area contributed by atoms with Gasteiger partial charge in [0.1, 0.15) is 5.75 Å². The number of ether oxygens (including phenoxy) is 1. The first-order chi connectivity index (χ1) is 10.0. The zero-order valence-electron chi connectivity index (χ0n) is 12.4. The Balaban J connectivity index is 1.99. The molecule has 1 aliphatic carbocycles. The maximum absolute atomic E-state index is 12.3. The van der Waals surface area contributed by atoms with Crippen LogP contribution in [0.5, 0.6) is 5.75 Å². The maximum atomic E-state index is 12.3. The van der Waals surface area contributed by atoms with Gasteiger partial charge in [0.2, 0.25) is 5.91 Å². The summed E-state index contributed by atoms with van der Waals surface area (Å²) in [7, 11) is 1.60. The molecular formula is C16H21NO4. The number of benzene rings is 1. The molecule has 0 radical (unpaired) electrons. The van der Waals surface area contributed by atoms with Crippen LogP contribution in [-0.2, 0) is 9.59 Å². The molecule has 2 rings (SSSR count). The van der Waals surface area contributed by atoms with Crippen LogP contribution in [0.25, 0.3) is 0 Å². The van der Waals surface area contributed by atoms with E-state index >= 15 is 0 Å². The van der Waals surface area contributed by atoms with E-state index < -0.39 is 11.4 Å². The summed E-state index contributed by atoms with van der Waals surface area (Å²) < 4.78 is 5.10. The van der Waals surface area contributed by atoms with E-state index in [4.69, 9.17) is 9.84 Å². The monoisotopic (exact) mass is 291 g/mol. The molecule has 1 aromatic rings. The summed E-state index contributed by atoms with van der Waals surface area (Å²) in [4.78, 5) is 23.4. The van der Waals surface area contributed by atoms with Crippen molar-refractivity contribution in [2.75, 3.05) is 13.7 Å². The zero-order chi connectivity index (χ0) is 15.5. The second-order valence-corrected chi connectivity index (χ2v) is 5.54. The van der Waals surface area contributed by atoms with Gasteiger partial charge in [0.25, 0.3) is 0 Å². The Morgan fingerprint density at radius 2 is 1.95 bits per heavy atom. The summed E-state index contributed by atoms with van der Waals surface area (Å²) in [5.74, 6) is -0.451. The van der Waals surface area contributed by atoms with Gasteiger partial charge in [-0.1, -0.05) is 19.1 Å². The number of amides is 1. The van der Waals surface area contributed by atoms with E-state index in [1.54, 1.807) is 7.11 Å². The van der Waals surface area contributed by atoms with Gasteiger partial charge in [0.05, 0.1) is 18.4 Å². The summed E-state index contributed by atoms with van der Waals surface area (Å²) in [6.07, 6.45) is 1.95. The molecule has 5 heteroatoms. The van der Waals surface area contributed by atoms with Gasteiger partial charge in [-0.3, -0.25) is 9.59 Å². The molecule has 0 spiro atoms. The van der Waals surface area contributed by atoms with E-state index in [0.717, 1.165) is 11.3 Å². The molecule has 0 saturated heterocycles. The lowest BCUT2D eigenvalue weighted by Gasteiger charge is -2.18. The summed E-state index contributed by atoms with van der Waals surface area (Å²) >= 11 is 0. The molecule has 1 aromatic carbocycles. The second kappa shape index (κ2) is 6.16. The fourth-order valence-electron chi connectivity index (χ4n) is 2.41. The van der Waals surface area contributed by atoms with E-state index in [1.807, 2.05) is 31.2 Å². The lowest BCUT2D eigenvalue weighted by atomic mass is 9.95. The Morgan fingerprint density at radius 1 is 1.33 bits per heavy atom. The molecule has 1 saturated carbocycles. The van der Waals surface area contributed by atoms with Gasteiger partial charge in [0.15, 0.2) is 0 Å². The third-order valence-corrected chi connectivity index (χ3v) is 4.15. The van der Waals surface area contributed by atoms with Gasteiger partial charge >= 0.3 is 5.97 Å². The Kier molecular flexibility index (Phi) is 4.50. The van der Waals surface area contributed by atoms with Crippen molar-refractivity contribution in [2.45, 2.75) is 32.1 Å². The van der Waals surface area contributed by atoms with Crippen LogP contribution in [0.15, 0.2) is 24.3 Å². The van der Waals surface area contributed by atoms with Crippen LogP contribution in [0.2, 0.25) is 0 Å². The van der Waals surface area contributed by atoms with Gasteiger partial charge in [-0.15, -0.1) is 0 Å². The smallest absolute Gasteiger partial charge is 0.311 e. The number of aliphatic carboxylic acids is 1. The molecule has 1 unspecified atom stereocenters. The highest BCUT2D eigenvalue weighted by Crippen LogP contribution is 2.45. The molecular weight excluding hydrogens is 270 g/mol. The first kappa shape index (κ1) is 15.4. The summed E-state index contributed by atoms with van der Waals surface area (Å²) in [6, 6.07) is 7.39. The Hall–Kier alpha value is -2.04. The van der Waals surface area contributed by atoms with Crippen LogP contribution in [0.1, 0.15) is 37.7 Å². The van der Waals surface area contributed by atoms with Crippen LogP contribution in [0.3, 0.4) is 0 Å². The lowest BCUT2D eigenvalue weighted by molar-refractivity contribution is -0.143. The molecule has 1 fully saturated rings. The quantitative estimate of drug-likeness (QED) is 0.807. The number of hydrogen-bond acceptors (Lipinski definition) is 3. The van der Waals surface area contributed by atoms with Crippen LogP contribution in [0, 0.1) is 5.41 Å². The first-order valence-corrected chi connectivity index (χ1v) is 7.17. The highest BCUT2D eigenvalue weighted by Gasteiger charge is 2.50. The van der Waals surface area contributed by atoms with Crippen molar-refractivity contribution in [1.29, 1.82) is 0 Å². The summed E-state index contributed by atoms with van der Waals surface area (Å²) in [5, 5.41) is 11.9. The minimum absolute atomic E-state index is 0.116. The van der Waals surface area contributed by atoms with Crippen molar-refractivity contribution in [2.24, 2.45) is 5.41 Å². The van der Waals surface area contributed by atoms with Gasteiger partial charge < -0.3 is 15.2 Å². The van der Waals surface area contributed by atoms with E-state index in [1.165, 1.54) is 0 Å². The Labute approximate surface area is 124 Å². The molecule has 0 aromatic heterocycles. The number of carbonyl (C=O) groups is 2. The van der Waals surface area contributed by atoms with Crippen molar-refractivity contribution < 1.29 is 19.4 Å². The highest BCUT2D eigenvalue weighted by atomic mass is 16.5. The first-order valence-electron chi connectivity index (χ1n) is 7.17.